The second kappa shape index (κ2) is 6.81. The number of hydrogen-bond acceptors (Lipinski definition) is 4. The number of rotatable bonds is 4. The van der Waals surface area contributed by atoms with Crippen LogP contribution in [-0.2, 0) is 9.53 Å². The Morgan fingerprint density at radius 3 is 2.74 bits per heavy atom. The van der Waals surface area contributed by atoms with Gasteiger partial charge in [0, 0.05) is 21.2 Å². The van der Waals surface area contributed by atoms with Gasteiger partial charge in [0.15, 0.2) is 0 Å². The third kappa shape index (κ3) is 3.77. The molecule has 0 bridgehead atoms. The van der Waals surface area contributed by atoms with Crippen LogP contribution in [0.2, 0.25) is 0 Å². The molecule has 4 nitrogen and oxygen atoms in total. The Hall–Kier alpha value is -0.460. The first-order valence-corrected chi connectivity index (χ1v) is 7.85. The molecule has 0 radical (unpaired) electrons. The van der Waals surface area contributed by atoms with E-state index in [1.807, 2.05) is 6.07 Å². The molecule has 1 aliphatic rings. The highest BCUT2D eigenvalue weighted by molar-refractivity contribution is 9.11. The molecule has 1 heterocycles. The van der Waals surface area contributed by atoms with Crippen molar-refractivity contribution in [3.8, 4) is 0 Å². The molecule has 19 heavy (non-hydrogen) atoms. The molecule has 0 saturated heterocycles. The van der Waals surface area contributed by atoms with Crippen molar-refractivity contribution in [3.63, 3.8) is 0 Å². The summed E-state index contributed by atoms with van der Waals surface area (Å²) < 4.78 is 6.55. The van der Waals surface area contributed by atoms with E-state index in [0.717, 1.165) is 21.8 Å². The highest BCUT2D eigenvalue weighted by Crippen LogP contribution is 2.28. The fraction of sp³-hybridized carbons (Fsp3) is 0.538. The van der Waals surface area contributed by atoms with Gasteiger partial charge in [0.25, 0.3) is 0 Å². The lowest BCUT2D eigenvalue weighted by Gasteiger charge is -2.21. The number of nitrogens with zero attached hydrogens (tertiary/aromatic N) is 1. The molecule has 1 saturated carbocycles. The van der Waals surface area contributed by atoms with Crippen molar-refractivity contribution in [2.75, 3.05) is 7.11 Å². The topological polar surface area (TPSA) is 51.2 Å². The SMILES string of the molecule is COC(=O)C(NC1CCCC1)c1ncc(Br)cc1Br. The molecule has 1 unspecified atom stereocenters. The summed E-state index contributed by atoms with van der Waals surface area (Å²) in [6.45, 7) is 0. The van der Waals surface area contributed by atoms with Crippen molar-refractivity contribution in [1.29, 1.82) is 0 Å². The lowest BCUT2D eigenvalue weighted by Crippen LogP contribution is -2.36. The maximum Gasteiger partial charge on any atom is 0.329 e. The monoisotopic (exact) mass is 390 g/mol. The summed E-state index contributed by atoms with van der Waals surface area (Å²) in [7, 11) is 1.40. The normalized spacial score (nSPS) is 17.4. The summed E-state index contributed by atoms with van der Waals surface area (Å²) in [5.74, 6) is -0.303. The summed E-state index contributed by atoms with van der Waals surface area (Å²) >= 11 is 6.81. The van der Waals surface area contributed by atoms with E-state index in [-0.39, 0.29) is 5.97 Å². The van der Waals surface area contributed by atoms with Crippen LogP contribution in [0.3, 0.4) is 0 Å². The lowest BCUT2D eigenvalue weighted by atomic mass is 10.1. The van der Waals surface area contributed by atoms with Crippen molar-refractivity contribution in [2.24, 2.45) is 0 Å². The van der Waals surface area contributed by atoms with Crippen LogP contribution in [-0.4, -0.2) is 24.1 Å². The Labute approximate surface area is 129 Å². The first-order valence-electron chi connectivity index (χ1n) is 6.26. The Morgan fingerprint density at radius 1 is 1.47 bits per heavy atom. The van der Waals surface area contributed by atoms with E-state index in [9.17, 15) is 4.79 Å². The Bertz CT molecular complexity index is 462. The number of carbonyl (C=O) groups is 1. The average molecular weight is 392 g/mol. The van der Waals surface area contributed by atoms with Gasteiger partial charge in [-0.05, 0) is 50.8 Å². The largest absolute Gasteiger partial charge is 0.468 e. The smallest absolute Gasteiger partial charge is 0.329 e. The minimum Gasteiger partial charge on any atom is -0.468 e. The fourth-order valence-corrected chi connectivity index (χ4v) is 3.56. The number of halogens is 2. The predicted octanol–water partition coefficient (Wildman–Crippen LogP) is 3.35. The second-order valence-corrected chi connectivity index (χ2v) is 6.39. The van der Waals surface area contributed by atoms with Gasteiger partial charge in [0.2, 0.25) is 0 Å². The van der Waals surface area contributed by atoms with E-state index in [2.05, 4.69) is 42.2 Å². The third-order valence-electron chi connectivity index (χ3n) is 3.30. The molecule has 2 rings (SSSR count). The van der Waals surface area contributed by atoms with Crippen LogP contribution < -0.4 is 5.32 Å². The number of aromatic nitrogens is 1. The standard InChI is InChI=1S/C13H16Br2N2O2/c1-19-13(18)12(17-9-4-2-3-5-9)11-10(15)6-8(14)7-16-11/h6-7,9,12,17H,2-5H2,1H3. The van der Waals surface area contributed by atoms with Crippen LogP contribution in [0, 0.1) is 0 Å². The average Bonchev–Trinajstić information content (AvgIpc) is 2.89. The van der Waals surface area contributed by atoms with Crippen molar-refractivity contribution >= 4 is 37.8 Å². The van der Waals surface area contributed by atoms with Gasteiger partial charge in [-0.15, -0.1) is 0 Å². The highest BCUT2D eigenvalue weighted by atomic mass is 79.9. The zero-order chi connectivity index (χ0) is 13.8. The quantitative estimate of drug-likeness (QED) is 0.799. The maximum atomic E-state index is 12.0. The molecule has 0 aliphatic heterocycles. The zero-order valence-electron chi connectivity index (χ0n) is 10.7. The van der Waals surface area contributed by atoms with Crippen molar-refractivity contribution in [2.45, 2.75) is 37.8 Å². The van der Waals surface area contributed by atoms with Gasteiger partial charge < -0.3 is 4.74 Å². The van der Waals surface area contributed by atoms with Gasteiger partial charge in [0.1, 0.15) is 6.04 Å². The molecule has 1 aromatic rings. The number of carbonyl (C=O) groups excluding carboxylic acids is 1. The van der Waals surface area contributed by atoms with Crippen LogP contribution >= 0.6 is 31.9 Å². The lowest BCUT2D eigenvalue weighted by molar-refractivity contribution is -0.143. The molecule has 1 aliphatic carbocycles. The van der Waals surface area contributed by atoms with Gasteiger partial charge in [-0.25, -0.2) is 4.79 Å². The molecule has 1 aromatic heterocycles. The maximum absolute atomic E-state index is 12.0. The van der Waals surface area contributed by atoms with E-state index in [1.54, 1.807) is 6.20 Å². The molecule has 6 heteroatoms. The second-order valence-electron chi connectivity index (χ2n) is 4.62. The molecule has 0 aromatic carbocycles. The molecule has 1 fully saturated rings. The molecule has 0 spiro atoms. The third-order valence-corrected chi connectivity index (χ3v) is 4.37. The Kier molecular flexibility index (Phi) is 5.36. The highest BCUT2D eigenvalue weighted by Gasteiger charge is 2.29. The van der Waals surface area contributed by atoms with E-state index in [1.165, 1.54) is 20.0 Å². The molecular weight excluding hydrogens is 376 g/mol. The van der Waals surface area contributed by atoms with Gasteiger partial charge in [-0.1, -0.05) is 12.8 Å². The number of pyridine rings is 1. The van der Waals surface area contributed by atoms with Crippen LogP contribution in [0.4, 0.5) is 0 Å². The summed E-state index contributed by atoms with van der Waals surface area (Å²) in [6.07, 6.45) is 6.30. The summed E-state index contributed by atoms with van der Waals surface area (Å²) in [6, 6.07) is 1.73. The van der Waals surface area contributed by atoms with Crippen molar-refractivity contribution < 1.29 is 9.53 Å². The van der Waals surface area contributed by atoms with Gasteiger partial charge in [-0.2, -0.15) is 0 Å². The minimum absolute atomic E-state index is 0.303. The van der Waals surface area contributed by atoms with Crippen molar-refractivity contribution in [3.05, 3.63) is 26.9 Å². The predicted molar refractivity (Wildman–Crippen MR) is 79.8 cm³/mol. The zero-order valence-corrected chi connectivity index (χ0v) is 13.8. The first-order chi connectivity index (χ1) is 9.11. The Balaban J connectivity index is 2.23. The fourth-order valence-electron chi connectivity index (χ4n) is 2.34. The van der Waals surface area contributed by atoms with Crippen molar-refractivity contribution in [1.82, 2.24) is 10.3 Å². The van der Waals surface area contributed by atoms with Crippen LogP contribution in [0.5, 0.6) is 0 Å². The van der Waals surface area contributed by atoms with Crippen LogP contribution in [0.1, 0.15) is 37.4 Å². The summed E-state index contributed by atoms with van der Waals surface area (Å²) in [5.41, 5.74) is 0.668. The van der Waals surface area contributed by atoms with E-state index < -0.39 is 6.04 Å². The van der Waals surface area contributed by atoms with E-state index in [4.69, 9.17) is 4.74 Å². The molecule has 1 atom stereocenters. The van der Waals surface area contributed by atoms with E-state index in [0.29, 0.717) is 11.7 Å². The number of methoxy groups -OCH3 is 1. The molecule has 1 N–H and O–H groups in total. The number of hydrogen-bond donors (Lipinski definition) is 1. The first kappa shape index (κ1) is 14.9. The minimum atomic E-state index is -0.518. The summed E-state index contributed by atoms with van der Waals surface area (Å²) in [4.78, 5) is 16.3. The molecule has 104 valence electrons. The summed E-state index contributed by atoms with van der Waals surface area (Å²) in [5, 5.41) is 3.36. The van der Waals surface area contributed by atoms with E-state index >= 15 is 0 Å². The van der Waals surface area contributed by atoms with Crippen LogP contribution in [0.15, 0.2) is 21.2 Å². The Morgan fingerprint density at radius 2 is 2.16 bits per heavy atom. The number of nitrogens with one attached hydrogen (secondary N) is 1. The number of esters is 1. The van der Waals surface area contributed by atoms with Gasteiger partial charge >= 0.3 is 5.97 Å². The molecule has 0 amide bonds. The van der Waals surface area contributed by atoms with Gasteiger partial charge in [-0.3, -0.25) is 10.3 Å². The van der Waals surface area contributed by atoms with Crippen LogP contribution in [0.25, 0.3) is 0 Å². The molecular formula is C13H16Br2N2O2. The number of ether oxygens (including phenoxy) is 1. The van der Waals surface area contributed by atoms with Gasteiger partial charge in [0.05, 0.1) is 12.8 Å².